The molecule has 4 nitrogen and oxygen atoms in total. The molecule has 4 heteroatoms. The Labute approximate surface area is 132 Å². The summed E-state index contributed by atoms with van der Waals surface area (Å²) >= 11 is 0. The molecule has 0 bridgehead atoms. The van der Waals surface area contributed by atoms with E-state index in [9.17, 15) is 4.79 Å². The van der Waals surface area contributed by atoms with Crippen molar-refractivity contribution in [1.29, 1.82) is 0 Å². The lowest BCUT2D eigenvalue weighted by Gasteiger charge is -2.26. The molecule has 2 atom stereocenters. The number of hydrogen-bond acceptors (Lipinski definition) is 4. The quantitative estimate of drug-likeness (QED) is 0.410. The van der Waals surface area contributed by atoms with Crippen molar-refractivity contribution in [3.05, 3.63) is 60.7 Å². The number of ether oxygens (including phenoxy) is 2. The zero-order valence-corrected chi connectivity index (χ0v) is 13.4. The summed E-state index contributed by atoms with van der Waals surface area (Å²) in [6.45, 7) is 12.6. The fraction of sp³-hybridized carbons (Fsp3) is 0.389. The number of carbonyl (C=O) groups excluding carboxylic acids is 1. The summed E-state index contributed by atoms with van der Waals surface area (Å²) in [4.78, 5) is 11.6. The first-order chi connectivity index (χ1) is 10.6. The van der Waals surface area contributed by atoms with Gasteiger partial charge in [-0.05, 0) is 19.4 Å². The molecule has 0 aliphatic carbocycles. The minimum Gasteiger partial charge on any atom is -0.463 e. The Bertz CT molecular complexity index is 484. The molecule has 0 spiro atoms. The molecule has 1 N–H and O–H groups in total. The van der Waals surface area contributed by atoms with Gasteiger partial charge >= 0.3 is 5.97 Å². The highest BCUT2D eigenvalue weighted by Gasteiger charge is 2.21. The van der Waals surface area contributed by atoms with Crippen molar-refractivity contribution in [3.8, 4) is 0 Å². The second-order valence-corrected chi connectivity index (χ2v) is 4.75. The van der Waals surface area contributed by atoms with Gasteiger partial charge in [0.1, 0.15) is 0 Å². The standard InChI is InChI=1S/C18H25NO3/c1-5-16(21-6-2)17(15-11-9-8-10-12-15)19-13-14(4)18(20)22-7-3/h5,8-12,16-17,19H,1,4,6-7,13H2,2-3H3/t16-,17-/m1/s1. The third-order valence-electron chi connectivity index (χ3n) is 3.18. The van der Waals surface area contributed by atoms with Crippen molar-refractivity contribution in [3.63, 3.8) is 0 Å². The Hall–Kier alpha value is -1.91. The number of benzene rings is 1. The van der Waals surface area contributed by atoms with Gasteiger partial charge in [-0.25, -0.2) is 4.79 Å². The monoisotopic (exact) mass is 303 g/mol. The van der Waals surface area contributed by atoms with Crippen LogP contribution in [0.25, 0.3) is 0 Å². The lowest BCUT2D eigenvalue weighted by Crippen LogP contribution is -2.35. The highest BCUT2D eigenvalue weighted by atomic mass is 16.5. The first kappa shape index (κ1) is 18.1. The predicted molar refractivity (Wildman–Crippen MR) is 88.6 cm³/mol. The van der Waals surface area contributed by atoms with Crippen molar-refractivity contribution in [2.45, 2.75) is 26.0 Å². The molecule has 0 fully saturated rings. The fourth-order valence-electron chi connectivity index (χ4n) is 2.12. The lowest BCUT2D eigenvalue weighted by molar-refractivity contribution is -0.138. The predicted octanol–water partition coefficient (Wildman–Crippen LogP) is 3.03. The van der Waals surface area contributed by atoms with Gasteiger partial charge in [-0.2, -0.15) is 0 Å². The van der Waals surface area contributed by atoms with Crippen LogP contribution in [-0.4, -0.2) is 31.8 Å². The van der Waals surface area contributed by atoms with E-state index in [-0.39, 0.29) is 18.1 Å². The molecule has 0 saturated heterocycles. The van der Waals surface area contributed by atoms with Crippen LogP contribution in [-0.2, 0) is 14.3 Å². The van der Waals surface area contributed by atoms with Crippen LogP contribution in [0.2, 0.25) is 0 Å². The van der Waals surface area contributed by atoms with E-state index in [4.69, 9.17) is 9.47 Å². The van der Waals surface area contributed by atoms with Gasteiger partial charge in [-0.3, -0.25) is 0 Å². The van der Waals surface area contributed by atoms with Gasteiger partial charge < -0.3 is 14.8 Å². The fourth-order valence-corrected chi connectivity index (χ4v) is 2.12. The maximum Gasteiger partial charge on any atom is 0.334 e. The molecule has 0 amide bonds. The summed E-state index contributed by atoms with van der Waals surface area (Å²) in [6, 6.07) is 9.82. The zero-order valence-electron chi connectivity index (χ0n) is 13.4. The van der Waals surface area contributed by atoms with E-state index in [0.29, 0.717) is 25.3 Å². The van der Waals surface area contributed by atoms with Crippen molar-refractivity contribution < 1.29 is 14.3 Å². The van der Waals surface area contributed by atoms with E-state index in [1.54, 1.807) is 13.0 Å². The van der Waals surface area contributed by atoms with Gasteiger partial charge in [0, 0.05) is 18.7 Å². The summed E-state index contributed by atoms with van der Waals surface area (Å²) in [5.41, 5.74) is 1.46. The molecular weight excluding hydrogens is 278 g/mol. The minimum atomic E-state index is -0.381. The Morgan fingerprint density at radius 3 is 2.50 bits per heavy atom. The summed E-state index contributed by atoms with van der Waals surface area (Å²) in [7, 11) is 0. The number of hydrogen-bond donors (Lipinski definition) is 1. The van der Waals surface area contributed by atoms with Crippen LogP contribution in [0.3, 0.4) is 0 Å². The van der Waals surface area contributed by atoms with Gasteiger partial charge in [0.15, 0.2) is 0 Å². The Morgan fingerprint density at radius 2 is 1.95 bits per heavy atom. The number of esters is 1. The second kappa shape index (κ2) is 9.92. The van der Waals surface area contributed by atoms with E-state index >= 15 is 0 Å². The number of nitrogens with one attached hydrogen (secondary N) is 1. The van der Waals surface area contributed by atoms with E-state index < -0.39 is 0 Å². The van der Waals surface area contributed by atoms with E-state index in [0.717, 1.165) is 5.56 Å². The van der Waals surface area contributed by atoms with Gasteiger partial charge in [-0.1, -0.05) is 43.0 Å². The first-order valence-electron chi connectivity index (χ1n) is 7.51. The molecule has 120 valence electrons. The Morgan fingerprint density at radius 1 is 1.27 bits per heavy atom. The van der Waals surface area contributed by atoms with Crippen LogP contribution < -0.4 is 5.32 Å². The van der Waals surface area contributed by atoms with Crippen LogP contribution in [0.15, 0.2) is 55.1 Å². The first-order valence-corrected chi connectivity index (χ1v) is 7.51. The molecule has 0 aromatic heterocycles. The third kappa shape index (κ3) is 5.47. The molecule has 0 saturated carbocycles. The molecule has 1 aromatic rings. The van der Waals surface area contributed by atoms with Crippen molar-refractivity contribution in [2.75, 3.05) is 19.8 Å². The van der Waals surface area contributed by atoms with Crippen LogP contribution >= 0.6 is 0 Å². The van der Waals surface area contributed by atoms with E-state index in [2.05, 4.69) is 18.5 Å². The molecule has 1 aromatic carbocycles. The molecule has 1 rings (SSSR count). The molecule has 0 unspecified atom stereocenters. The van der Waals surface area contributed by atoms with Crippen molar-refractivity contribution in [1.82, 2.24) is 5.32 Å². The highest BCUT2D eigenvalue weighted by molar-refractivity contribution is 5.88. The number of carbonyl (C=O) groups is 1. The summed E-state index contributed by atoms with van der Waals surface area (Å²) in [6.07, 6.45) is 1.57. The number of rotatable bonds is 10. The lowest BCUT2D eigenvalue weighted by atomic mass is 10.0. The maximum absolute atomic E-state index is 11.6. The van der Waals surface area contributed by atoms with Crippen molar-refractivity contribution in [2.24, 2.45) is 0 Å². The summed E-state index contributed by atoms with van der Waals surface area (Å²) < 4.78 is 10.7. The van der Waals surface area contributed by atoms with Crippen LogP contribution in [0.5, 0.6) is 0 Å². The van der Waals surface area contributed by atoms with Gasteiger partial charge in [0.25, 0.3) is 0 Å². The van der Waals surface area contributed by atoms with Gasteiger partial charge in [-0.15, -0.1) is 6.58 Å². The third-order valence-corrected chi connectivity index (χ3v) is 3.18. The van der Waals surface area contributed by atoms with Gasteiger partial charge in [0.05, 0.1) is 18.8 Å². The second-order valence-electron chi connectivity index (χ2n) is 4.75. The van der Waals surface area contributed by atoms with Crippen LogP contribution in [0.4, 0.5) is 0 Å². The van der Waals surface area contributed by atoms with Gasteiger partial charge in [0.2, 0.25) is 0 Å². The van der Waals surface area contributed by atoms with E-state index in [1.165, 1.54) is 0 Å². The Kier molecular flexibility index (Phi) is 8.18. The molecule has 0 aliphatic rings. The molecule has 22 heavy (non-hydrogen) atoms. The molecule has 0 heterocycles. The van der Waals surface area contributed by atoms with E-state index in [1.807, 2.05) is 37.3 Å². The van der Waals surface area contributed by atoms with Crippen molar-refractivity contribution >= 4 is 5.97 Å². The van der Waals surface area contributed by atoms with Crippen LogP contribution in [0, 0.1) is 0 Å². The highest BCUT2D eigenvalue weighted by Crippen LogP contribution is 2.20. The Balaban J connectivity index is 2.80. The summed E-state index contributed by atoms with van der Waals surface area (Å²) in [5.74, 6) is -0.381. The maximum atomic E-state index is 11.6. The zero-order chi connectivity index (χ0) is 16.4. The smallest absolute Gasteiger partial charge is 0.334 e. The minimum absolute atomic E-state index is 0.107. The average Bonchev–Trinajstić information content (AvgIpc) is 2.54. The average molecular weight is 303 g/mol. The normalized spacial score (nSPS) is 13.2. The van der Waals surface area contributed by atoms with Crippen LogP contribution in [0.1, 0.15) is 25.5 Å². The SMILES string of the molecule is C=C[C@@H](OCC)[C@H](NCC(=C)C(=O)OCC)c1ccccc1. The largest absolute Gasteiger partial charge is 0.463 e. The molecule has 0 radical (unpaired) electrons. The molecule has 0 aliphatic heterocycles. The summed E-state index contributed by atoms with van der Waals surface area (Å²) in [5, 5.41) is 3.31. The molecular formula is C18H25NO3. The topological polar surface area (TPSA) is 47.6 Å².